The van der Waals surface area contributed by atoms with Crippen LogP contribution >= 0.6 is 11.8 Å². The summed E-state index contributed by atoms with van der Waals surface area (Å²) in [6, 6.07) is 7.95. The molecule has 3 atom stereocenters. The molecule has 0 radical (unpaired) electrons. The Labute approximate surface area is 134 Å². The second kappa shape index (κ2) is 5.63. The van der Waals surface area contributed by atoms with Gasteiger partial charge >= 0.3 is 0 Å². The minimum Gasteiger partial charge on any atom is -0.494 e. The van der Waals surface area contributed by atoms with Crippen molar-refractivity contribution in [1.82, 2.24) is 10.6 Å². The summed E-state index contributed by atoms with van der Waals surface area (Å²) in [6.45, 7) is 2.63. The van der Waals surface area contributed by atoms with Gasteiger partial charge in [-0.2, -0.15) is 0 Å². The first-order chi connectivity index (χ1) is 10.8. The zero-order valence-electron chi connectivity index (χ0n) is 12.6. The SMILES string of the molecule is CCOc1ccc(C2NC(=O)C3C4=C(CCC4)SC3N2)cc1. The van der Waals surface area contributed by atoms with Gasteiger partial charge in [-0.3, -0.25) is 10.1 Å². The van der Waals surface area contributed by atoms with Gasteiger partial charge in [0, 0.05) is 0 Å². The molecule has 4 nitrogen and oxygen atoms in total. The van der Waals surface area contributed by atoms with Crippen LogP contribution < -0.4 is 15.4 Å². The van der Waals surface area contributed by atoms with E-state index in [0.29, 0.717) is 6.61 Å². The Morgan fingerprint density at radius 3 is 2.86 bits per heavy atom. The molecule has 3 aliphatic rings. The maximum absolute atomic E-state index is 12.5. The number of fused-ring (bicyclic) bond motifs is 2. The molecular formula is C17H20N2O2S. The van der Waals surface area contributed by atoms with E-state index in [1.54, 1.807) is 0 Å². The van der Waals surface area contributed by atoms with Crippen LogP contribution in [-0.2, 0) is 4.79 Å². The van der Waals surface area contributed by atoms with E-state index in [9.17, 15) is 4.79 Å². The predicted molar refractivity (Wildman–Crippen MR) is 87.4 cm³/mol. The molecule has 3 unspecified atom stereocenters. The highest BCUT2D eigenvalue weighted by Gasteiger charge is 2.45. The third-order valence-electron chi connectivity index (χ3n) is 4.58. The molecule has 4 rings (SSSR count). The Hall–Kier alpha value is -1.46. The summed E-state index contributed by atoms with van der Waals surface area (Å²) < 4.78 is 5.47. The lowest BCUT2D eigenvalue weighted by Crippen LogP contribution is -2.54. The van der Waals surface area contributed by atoms with Crippen LogP contribution in [0.5, 0.6) is 5.75 Å². The number of amides is 1. The number of allylic oxidation sites excluding steroid dienone is 1. The zero-order valence-corrected chi connectivity index (χ0v) is 13.4. The molecule has 0 saturated carbocycles. The first kappa shape index (κ1) is 14.2. The number of nitrogens with one attached hydrogen (secondary N) is 2. The Morgan fingerprint density at radius 2 is 2.09 bits per heavy atom. The lowest BCUT2D eigenvalue weighted by molar-refractivity contribution is -0.127. The highest BCUT2D eigenvalue weighted by molar-refractivity contribution is 8.04. The van der Waals surface area contributed by atoms with Crippen molar-refractivity contribution in [3.63, 3.8) is 0 Å². The fourth-order valence-corrected chi connectivity index (χ4v) is 5.15. The van der Waals surface area contributed by atoms with Gasteiger partial charge < -0.3 is 10.1 Å². The summed E-state index contributed by atoms with van der Waals surface area (Å²) >= 11 is 1.86. The van der Waals surface area contributed by atoms with Gasteiger partial charge in [0.15, 0.2) is 0 Å². The Kier molecular flexibility index (Phi) is 3.62. The van der Waals surface area contributed by atoms with Gasteiger partial charge in [0.2, 0.25) is 5.91 Å². The second-order valence-electron chi connectivity index (χ2n) is 5.93. The molecule has 1 fully saturated rings. The van der Waals surface area contributed by atoms with Gasteiger partial charge in [-0.25, -0.2) is 0 Å². The van der Waals surface area contributed by atoms with Crippen LogP contribution in [0.15, 0.2) is 34.7 Å². The molecule has 1 aromatic carbocycles. The number of carbonyl (C=O) groups is 1. The van der Waals surface area contributed by atoms with Crippen molar-refractivity contribution < 1.29 is 9.53 Å². The van der Waals surface area contributed by atoms with E-state index >= 15 is 0 Å². The first-order valence-corrected chi connectivity index (χ1v) is 8.82. The summed E-state index contributed by atoms with van der Waals surface area (Å²) in [6.07, 6.45) is 3.33. The van der Waals surface area contributed by atoms with E-state index in [2.05, 4.69) is 10.6 Å². The standard InChI is InChI=1S/C17H20N2O2S/c1-2-21-11-8-6-10(7-9-11)15-18-16(20)14-12-4-3-5-13(12)22-17(14)19-15/h6-9,14-15,17,19H,2-5H2,1H3,(H,18,20). The molecule has 1 aromatic rings. The fraction of sp³-hybridized carbons (Fsp3) is 0.471. The molecule has 2 N–H and O–H groups in total. The molecule has 116 valence electrons. The van der Waals surface area contributed by atoms with Crippen molar-refractivity contribution in [3.8, 4) is 5.75 Å². The topological polar surface area (TPSA) is 50.4 Å². The number of rotatable bonds is 3. The molecule has 1 saturated heterocycles. The van der Waals surface area contributed by atoms with Crippen molar-refractivity contribution in [2.24, 2.45) is 5.92 Å². The lowest BCUT2D eigenvalue weighted by atomic mass is 9.94. The van der Waals surface area contributed by atoms with Crippen molar-refractivity contribution in [2.45, 2.75) is 37.7 Å². The van der Waals surface area contributed by atoms with Crippen molar-refractivity contribution in [3.05, 3.63) is 40.3 Å². The number of hydrogen-bond donors (Lipinski definition) is 2. The maximum atomic E-state index is 12.5. The minimum atomic E-state index is -0.114. The van der Waals surface area contributed by atoms with Crippen LogP contribution in [-0.4, -0.2) is 17.9 Å². The van der Waals surface area contributed by atoms with E-state index in [4.69, 9.17) is 4.74 Å². The van der Waals surface area contributed by atoms with Crippen molar-refractivity contribution >= 4 is 17.7 Å². The number of ether oxygens (including phenoxy) is 1. The van der Waals surface area contributed by atoms with Crippen LogP contribution in [0.1, 0.15) is 37.9 Å². The van der Waals surface area contributed by atoms with Crippen LogP contribution in [0, 0.1) is 5.92 Å². The highest BCUT2D eigenvalue weighted by atomic mass is 32.2. The van der Waals surface area contributed by atoms with E-state index in [1.807, 2.05) is 43.0 Å². The summed E-state index contributed by atoms with van der Waals surface area (Å²) in [4.78, 5) is 14.0. The zero-order chi connectivity index (χ0) is 15.1. The highest BCUT2D eigenvalue weighted by Crippen LogP contribution is 2.50. The molecule has 2 aliphatic heterocycles. The van der Waals surface area contributed by atoms with Gasteiger partial charge in [-0.1, -0.05) is 12.1 Å². The Bertz CT molecular complexity index is 626. The lowest BCUT2D eigenvalue weighted by Gasteiger charge is -2.35. The van der Waals surface area contributed by atoms with E-state index in [0.717, 1.165) is 24.2 Å². The third kappa shape index (κ3) is 2.32. The molecule has 0 spiro atoms. The number of hydrogen-bond acceptors (Lipinski definition) is 4. The molecule has 5 heteroatoms. The largest absolute Gasteiger partial charge is 0.494 e. The first-order valence-electron chi connectivity index (χ1n) is 7.94. The summed E-state index contributed by atoms with van der Waals surface area (Å²) in [7, 11) is 0. The number of benzene rings is 1. The average molecular weight is 316 g/mol. The molecular weight excluding hydrogens is 296 g/mol. The van der Waals surface area contributed by atoms with Crippen LogP contribution in [0.25, 0.3) is 0 Å². The van der Waals surface area contributed by atoms with E-state index < -0.39 is 0 Å². The molecule has 0 bridgehead atoms. The number of thioether (sulfide) groups is 1. The van der Waals surface area contributed by atoms with Crippen molar-refractivity contribution in [1.29, 1.82) is 0 Å². The third-order valence-corrected chi connectivity index (χ3v) is 5.99. The van der Waals surface area contributed by atoms with Gasteiger partial charge in [-0.15, -0.1) is 11.8 Å². The molecule has 2 heterocycles. The second-order valence-corrected chi connectivity index (χ2v) is 7.16. The summed E-state index contributed by atoms with van der Waals surface area (Å²) in [5.74, 6) is 1.06. The van der Waals surface area contributed by atoms with Crippen molar-refractivity contribution in [2.75, 3.05) is 6.61 Å². The summed E-state index contributed by atoms with van der Waals surface area (Å²) in [5, 5.41) is 6.91. The number of carbonyl (C=O) groups excluding carboxylic acids is 1. The average Bonchev–Trinajstić information content (AvgIpc) is 3.08. The van der Waals surface area contributed by atoms with Gasteiger partial charge in [0.05, 0.1) is 17.9 Å². The van der Waals surface area contributed by atoms with Gasteiger partial charge in [0.1, 0.15) is 11.9 Å². The quantitative estimate of drug-likeness (QED) is 0.900. The van der Waals surface area contributed by atoms with E-state index in [-0.39, 0.29) is 23.4 Å². The monoisotopic (exact) mass is 316 g/mol. The minimum absolute atomic E-state index is 0.0291. The molecule has 0 aromatic heterocycles. The van der Waals surface area contributed by atoms with Gasteiger partial charge in [-0.05, 0) is 54.4 Å². The molecule has 22 heavy (non-hydrogen) atoms. The fourth-order valence-electron chi connectivity index (χ4n) is 3.57. The van der Waals surface area contributed by atoms with Crippen LogP contribution in [0.3, 0.4) is 0 Å². The smallest absolute Gasteiger partial charge is 0.231 e. The Balaban J connectivity index is 1.51. The van der Waals surface area contributed by atoms with E-state index in [1.165, 1.54) is 16.9 Å². The van der Waals surface area contributed by atoms with Crippen LogP contribution in [0.4, 0.5) is 0 Å². The molecule has 1 amide bonds. The Morgan fingerprint density at radius 1 is 1.27 bits per heavy atom. The predicted octanol–water partition coefficient (Wildman–Crippen LogP) is 2.93. The molecule has 1 aliphatic carbocycles. The maximum Gasteiger partial charge on any atom is 0.231 e. The normalized spacial score (nSPS) is 30.0. The van der Waals surface area contributed by atoms with Crippen LogP contribution in [0.2, 0.25) is 0 Å². The summed E-state index contributed by atoms with van der Waals surface area (Å²) in [5.41, 5.74) is 2.45. The van der Waals surface area contributed by atoms with Gasteiger partial charge in [0.25, 0.3) is 0 Å².